The number of carbonyl (C=O) groups is 3. The second-order valence-electron chi connectivity index (χ2n) is 5.51. The summed E-state index contributed by atoms with van der Waals surface area (Å²) in [4.78, 5) is 36.9. The summed E-state index contributed by atoms with van der Waals surface area (Å²) in [5.41, 5.74) is 6.99. The number of aliphatic carboxylic acids is 2. The van der Waals surface area contributed by atoms with Gasteiger partial charge in [0.15, 0.2) is 0 Å². The van der Waals surface area contributed by atoms with Gasteiger partial charge in [-0.1, -0.05) is 18.2 Å². The lowest BCUT2D eigenvalue weighted by Gasteiger charge is -2.15. The van der Waals surface area contributed by atoms with E-state index < -0.39 is 29.9 Å². The van der Waals surface area contributed by atoms with Gasteiger partial charge in [-0.3, -0.25) is 9.59 Å². The summed E-state index contributed by atoms with van der Waals surface area (Å²) >= 11 is 0. The lowest BCUT2D eigenvalue weighted by molar-refractivity contribution is -0.142. The Hall–Kier alpha value is -2.87. The Morgan fingerprint density at radius 3 is 2.54 bits per heavy atom. The van der Waals surface area contributed by atoms with E-state index in [2.05, 4.69) is 10.3 Å². The Bertz CT molecular complexity index is 755. The number of para-hydroxylation sites is 1. The molecule has 0 fully saturated rings. The van der Waals surface area contributed by atoms with E-state index in [0.717, 1.165) is 16.5 Å². The van der Waals surface area contributed by atoms with Crippen LogP contribution in [0.25, 0.3) is 10.9 Å². The fraction of sp³-hybridized carbons (Fsp3) is 0.312. The highest BCUT2D eigenvalue weighted by atomic mass is 16.4. The van der Waals surface area contributed by atoms with Crippen molar-refractivity contribution in [2.24, 2.45) is 5.73 Å². The van der Waals surface area contributed by atoms with Crippen LogP contribution in [0.15, 0.2) is 30.5 Å². The smallest absolute Gasteiger partial charge is 0.326 e. The Labute approximate surface area is 137 Å². The number of hydrogen-bond acceptors (Lipinski definition) is 4. The molecular weight excluding hydrogens is 314 g/mol. The molecule has 0 saturated carbocycles. The molecule has 0 aliphatic carbocycles. The summed E-state index contributed by atoms with van der Waals surface area (Å²) in [6.45, 7) is 0. The number of aromatic nitrogens is 1. The highest BCUT2D eigenvalue weighted by Gasteiger charge is 2.22. The van der Waals surface area contributed by atoms with E-state index in [4.69, 9.17) is 10.8 Å². The molecule has 24 heavy (non-hydrogen) atoms. The van der Waals surface area contributed by atoms with E-state index in [1.165, 1.54) is 0 Å². The van der Waals surface area contributed by atoms with Gasteiger partial charge in [0, 0.05) is 29.9 Å². The van der Waals surface area contributed by atoms with Gasteiger partial charge in [0.25, 0.3) is 0 Å². The number of nitrogens with one attached hydrogen (secondary N) is 2. The third kappa shape index (κ3) is 4.32. The van der Waals surface area contributed by atoms with Crippen LogP contribution >= 0.6 is 0 Å². The maximum absolute atomic E-state index is 11.8. The molecule has 0 aliphatic heterocycles. The summed E-state index contributed by atoms with van der Waals surface area (Å²) in [6.07, 6.45) is 1.63. The second-order valence-corrected chi connectivity index (χ2v) is 5.51. The van der Waals surface area contributed by atoms with Crippen LogP contribution in [0.3, 0.4) is 0 Å². The van der Waals surface area contributed by atoms with Crippen molar-refractivity contribution in [3.63, 3.8) is 0 Å². The minimum Gasteiger partial charge on any atom is -0.480 e. The number of aromatic amines is 1. The van der Waals surface area contributed by atoms with Gasteiger partial charge < -0.3 is 26.2 Å². The number of fused-ring (bicyclic) bond motifs is 1. The zero-order valence-electron chi connectivity index (χ0n) is 12.9. The summed E-state index contributed by atoms with van der Waals surface area (Å²) in [7, 11) is 0. The molecule has 1 amide bonds. The molecule has 128 valence electrons. The molecule has 0 aliphatic rings. The number of benzene rings is 1. The molecule has 1 aromatic heterocycles. The average molecular weight is 333 g/mol. The number of hydrogen-bond donors (Lipinski definition) is 5. The Kier molecular flexibility index (Phi) is 5.54. The van der Waals surface area contributed by atoms with Crippen LogP contribution in [0.1, 0.15) is 18.4 Å². The molecule has 1 aromatic carbocycles. The monoisotopic (exact) mass is 333 g/mol. The minimum atomic E-state index is -1.20. The van der Waals surface area contributed by atoms with Crippen molar-refractivity contribution in [1.82, 2.24) is 10.3 Å². The Balaban J connectivity index is 2.01. The lowest BCUT2D eigenvalue weighted by atomic mass is 10.0. The average Bonchev–Trinajstić information content (AvgIpc) is 2.95. The van der Waals surface area contributed by atoms with Crippen molar-refractivity contribution in [2.45, 2.75) is 31.3 Å². The van der Waals surface area contributed by atoms with Crippen LogP contribution in [0.4, 0.5) is 0 Å². The van der Waals surface area contributed by atoms with Crippen molar-refractivity contribution < 1.29 is 24.6 Å². The van der Waals surface area contributed by atoms with Crippen LogP contribution in [0.5, 0.6) is 0 Å². The molecule has 0 bridgehead atoms. The van der Waals surface area contributed by atoms with Crippen LogP contribution in [0.2, 0.25) is 0 Å². The molecule has 0 spiro atoms. The van der Waals surface area contributed by atoms with Crippen molar-refractivity contribution in [3.8, 4) is 0 Å². The van der Waals surface area contributed by atoms with E-state index in [1.807, 2.05) is 24.3 Å². The van der Waals surface area contributed by atoms with E-state index in [0.29, 0.717) is 0 Å². The normalized spacial score (nSPS) is 13.4. The molecule has 6 N–H and O–H groups in total. The number of carbonyl (C=O) groups excluding carboxylic acids is 1. The summed E-state index contributed by atoms with van der Waals surface area (Å²) in [6, 6.07) is 5.21. The summed E-state index contributed by atoms with van der Waals surface area (Å²) in [5.74, 6) is -2.90. The first-order valence-corrected chi connectivity index (χ1v) is 7.44. The number of carboxylic acids is 2. The number of amides is 1. The van der Waals surface area contributed by atoms with Gasteiger partial charge in [-0.05, 0) is 18.1 Å². The maximum atomic E-state index is 11.8. The number of nitrogens with two attached hydrogens (primary N) is 1. The molecule has 0 unspecified atom stereocenters. The van der Waals surface area contributed by atoms with E-state index >= 15 is 0 Å². The minimum absolute atomic E-state index is 0.0550. The van der Waals surface area contributed by atoms with Crippen molar-refractivity contribution >= 4 is 28.7 Å². The molecule has 1 heterocycles. The third-order valence-corrected chi connectivity index (χ3v) is 3.73. The maximum Gasteiger partial charge on any atom is 0.326 e. The highest BCUT2D eigenvalue weighted by Crippen LogP contribution is 2.19. The van der Waals surface area contributed by atoms with Gasteiger partial charge >= 0.3 is 11.9 Å². The quantitative estimate of drug-likeness (QED) is 0.475. The van der Waals surface area contributed by atoms with Gasteiger partial charge in [-0.15, -0.1) is 0 Å². The topological polar surface area (TPSA) is 146 Å². The van der Waals surface area contributed by atoms with Crippen LogP contribution in [-0.2, 0) is 20.8 Å². The predicted molar refractivity (Wildman–Crippen MR) is 86.4 cm³/mol. The zero-order chi connectivity index (χ0) is 17.7. The van der Waals surface area contributed by atoms with E-state index in [1.54, 1.807) is 6.20 Å². The van der Waals surface area contributed by atoms with E-state index in [-0.39, 0.29) is 19.3 Å². The fourth-order valence-electron chi connectivity index (χ4n) is 2.40. The lowest BCUT2D eigenvalue weighted by Crippen LogP contribution is -2.43. The zero-order valence-corrected chi connectivity index (χ0v) is 12.9. The van der Waals surface area contributed by atoms with Crippen molar-refractivity contribution in [3.05, 3.63) is 36.0 Å². The number of rotatable bonds is 8. The molecule has 0 radical (unpaired) electrons. The first-order valence-electron chi connectivity index (χ1n) is 7.44. The first-order chi connectivity index (χ1) is 11.4. The highest BCUT2D eigenvalue weighted by molar-refractivity contribution is 5.87. The Morgan fingerprint density at radius 2 is 1.88 bits per heavy atom. The van der Waals surface area contributed by atoms with Crippen LogP contribution in [0, 0.1) is 0 Å². The number of carboxylic acid groups (broad SMARTS) is 2. The molecule has 2 rings (SSSR count). The van der Waals surface area contributed by atoms with Crippen molar-refractivity contribution in [2.75, 3.05) is 0 Å². The first kappa shape index (κ1) is 17.5. The molecular formula is C16H19N3O5. The van der Waals surface area contributed by atoms with Crippen molar-refractivity contribution in [1.29, 1.82) is 0 Å². The summed E-state index contributed by atoms with van der Waals surface area (Å²) in [5, 5.41) is 21.3. The molecule has 2 aromatic rings. The molecule has 8 nitrogen and oxygen atoms in total. The van der Waals surface area contributed by atoms with Gasteiger partial charge in [0.1, 0.15) is 12.1 Å². The van der Waals surface area contributed by atoms with Gasteiger partial charge in [-0.25, -0.2) is 4.79 Å². The fourth-order valence-corrected chi connectivity index (χ4v) is 2.40. The molecule has 2 atom stereocenters. The predicted octanol–water partition coefficient (Wildman–Crippen LogP) is 0.472. The third-order valence-electron chi connectivity index (χ3n) is 3.73. The van der Waals surface area contributed by atoms with Crippen LogP contribution < -0.4 is 11.1 Å². The largest absolute Gasteiger partial charge is 0.480 e. The molecule has 0 saturated heterocycles. The van der Waals surface area contributed by atoms with Gasteiger partial charge in [0.2, 0.25) is 5.91 Å². The molecule has 8 heteroatoms. The second kappa shape index (κ2) is 7.60. The van der Waals surface area contributed by atoms with Crippen LogP contribution in [-0.4, -0.2) is 45.1 Å². The summed E-state index contributed by atoms with van der Waals surface area (Å²) < 4.78 is 0. The van der Waals surface area contributed by atoms with Gasteiger partial charge in [-0.2, -0.15) is 0 Å². The van der Waals surface area contributed by atoms with E-state index in [9.17, 15) is 19.5 Å². The van der Waals surface area contributed by atoms with Gasteiger partial charge in [0.05, 0.1) is 0 Å². The number of H-pyrrole nitrogens is 1. The standard InChI is InChI=1S/C16H19N3O5/c17-11(15(21)22)5-6-14(20)19-13(16(23)24)7-9-8-18-12-4-2-1-3-10(9)12/h1-4,8,11,13,18H,5-7,17H2,(H,19,20)(H,21,22)(H,23,24)/t11-,13-/m0/s1. The Morgan fingerprint density at radius 1 is 1.17 bits per heavy atom. The SMILES string of the molecule is N[C@@H](CCC(=O)N[C@@H](Cc1c[nH]c2ccccc12)C(=O)O)C(=O)O.